The van der Waals surface area contributed by atoms with Gasteiger partial charge in [-0.1, -0.05) is 18.2 Å². The van der Waals surface area contributed by atoms with Crippen LogP contribution in [-0.4, -0.2) is 42.0 Å². The minimum absolute atomic E-state index is 0.00395. The van der Waals surface area contributed by atoms with Crippen molar-refractivity contribution < 1.29 is 9.59 Å². The third-order valence-corrected chi connectivity index (χ3v) is 3.97. The molecule has 0 aromatic heterocycles. The monoisotopic (exact) mass is 317 g/mol. The van der Waals surface area contributed by atoms with Gasteiger partial charge in [0.25, 0.3) is 5.91 Å². The Morgan fingerprint density at radius 3 is 2.30 bits per heavy atom. The smallest absolute Gasteiger partial charge is 0.317 e. The van der Waals surface area contributed by atoms with Crippen LogP contribution in [0.5, 0.6) is 0 Å². The molecular formula is C18H27N3O2. The third-order valence-electron chi connectivity index (χ3n) is 3.97. The highest BCUT2D eigenvalue weighted by Crippen LogP contribution is 2.17. The van der Waals surface area contributed by atoms with Crippen molar-refractivity contribution in [1.82, 2.24) is 15.5 Å². The molecule has 1 aliphatic rings. The normalized spacial score (nSPS) is 16.0. The SMILES string of the molecule is CC(C)(C)NC(=O)N1CCC(CNC(=O)c2ccccc2)CC1. The highest BCUT2D eigenvalue weighted by Gasteiger charge is 2.25. The number of urea groups is 1. The van der Waals surface area contributed by atoms with Gasteiger partial charge in [-0.3, -0.25) is 4.79 Å². The Morgan fingerprint density at radius 1 is 1.13 bits per heavy atom. The highest BCUT2D eigenvalue weighted by atomic mass is 16.2. The van der Waals surface area contributed by atoms with Crippen LogP contribution in [0.15, 0.2) is 30.3 Å². The van der Waals surface area contributed by atoms with Crippen molar-refractivity contribution in [3.05, 3.63) is 35.9 Å². The van der Waals surface area contributed by atoms with E-state index in [0.717, 1.165) is 25.9 Å². The summed E-state index contributed by atoms with van der Waals surface area (Å²) in [4.78, 5) is 26.0. The molecule has 1 aromatic rings. The maximum Gasteiger partial charge on any atom is 0.317 e. The van der Waals surface area contributed by atoms with Crippen molar-refractivity contribution in [2.45, 2.75) is 39.2 Å². The Labute approximate surface area is 138 Å². The lowest BCUT2D eigenvalue weighted by molar-refractivity contribution is 0.0937. The zero-order valence-corrected chi connectivity index (χ0v) is 14.3. The van der Waals surface area contributed by atoms with Crippen molar-refractivity contribution in [3.8, 4) is 0 Å². The summed E-state index contributed by atoms with van der Waals surface area (Å²) < 4.78 is 0. The van der Waals surface area contributed by atoms with E-state index in [1.807, 2.05) is 56.0 Å². The summed E-state index contributed by atoms with van der Waals surface area (Å²) >= 11 is 0. The standard InChI is InChI=1S/C18H27N3O2/c1-18(2,3)20-17(23)21-11-9-14(10-12-21)13-19-16(22)15-7-5-4-6-8-15/h4-8,14H,9-13H2,1-3H3,(H,19,22)(H,20,23). The van der Waals surface area contributed by atoms with E-state index in [1.165, 1.54) is 0 Å². The largest absolute Gasteiger partial charge is 0.352 e. The summed E-state index contributed by atoms with van der Waals surface area (Å²) in [5, 5.41) is 5.99. The fourth-order valence-electron chi connectivity index (χ4n) is 2.67. The lowest BCUT2D eigenvalue weighted by Gasteiger charge is -2.34. The van der Waals surface area contributed by atoms with Gasteiger partial charge in [-0.25, -0.2) is 4.79 Å². The summed E-state index contributed by atoms with van der Waals surface area (Å²) in [7, 11) is 0. The lowest BCUT2D eigenvalue weighted by atomic mass is 9.96. The van der Waals surface area contributed by atoms with Crippen molar-refractivity contribution in [3.63, 3.8) is 0 Å². The molecule has 0 aliphatic carbocycles. The Morgan fingerprint density at radius 2 is 1.74 bits per heavy atom. The van der Waals surface area contributed by atoms with Crippen LogP contribution in [0.3, 0.4) is 0 Å². The number of benzene rings is 1. The maximum atomic E-state index is 12.1. The van der Waals surface area contributed by atoms with Gasteiger partial charge in [-0.15, -0.1) is 0 Å². The number of carbonyl (C=O) groups is 2. The van der Waals surface area contributed by atoms with Crippen LogP contribution in [0, 0.1) is 5.92 Å². The van der Waals surface area contributed by atoms with Crippen LogP contribution in [0.1, 0.15) is 44.0 Å². The summed E-state index contributed by atoms with van der Waals surface area (Å²) in [5.41, 5.74) is 0.479. The van der Waals surface area contributed by atoms with Gasteiger partial charge in [0, 0.05) is 30.7 Å². The van der Waals surface area contributed by atoms with E-state index in [2.05, 4.69) is 10.6 Å². The topological polar surface area (TPSA) is 61.4 Å². The number of nitrogens with zero attached hydrogens (tertiary/aromatic N) is 1. The quantitative estimate of drug-likeness (QED) is 0.900. The zero-order valence-electron chi connectivity index (χ0n) is 14.3. The average molecular weight is 317 g/mol. The molecule has 0 spiro atoms. The second-order valence-electron chi connectivity index (χ2n) is 7.19. The average Bonchev–Trinajstić information content (AvgIpc) is 2.52. The first-order valence-electron chi connectivity index (χ1n) is 8.25. The number of hydrogen-bond acceptors (Lipinski definition) is 2. The summed E-state index contributed by atoms with van der Waals surface area (Å²) in [6.07, 6.45) is 1.85. The molecule has 126 valence electrons. The zero-order chi connectivity index (χ0) is 16.9. The molecule has 3 amide bonds. The van der Waals surface area contributed by atoms with Gasteiger partial charge in [0.1, 0.15) is 0 Å². The third kappa shape index (κ3) is 5.58. The van der Waals surface area contributed by atoms with E-state index in [4.69, 9.17) is 0 Å². The van der Waals surface area contributed by atoms with E-state index in [-0.39, 0.29) is 17.5 Å². The van der Waals surface area contributed by atoms with E-state index in [9.17, 15) is 9.59 Å². The molecule has 0 saturated carbocycles. The van der Waals surface area contributed by atoms with Gasteiger partial charge in [-0.2, -0.15) is 0 Å². The number of amides is 3. The second kappa shape index (κ2) is 7.49. The molecule has 1 aliphatic heterocycles. The van der Waals surface area contributed by atoms with Gasteiger partial charge in [0.15, 0.2) is 0 Å². The maximum absolute atomic E-state index is 12.1. The number of hydrogen-bond donors (Lipinski definition) is 2. The van der Waals surface area contributed by atoms with E-state index >= 15 is 0 Å². The number of rotatable bonds is 3. The second-order valence-corrected chi connectivity index (χ2v) is 7.19. The molecule has 0 radical (unpaired) electrons. The molecule has 0 atom stereocenters. The first kappa shape index (κ1) is 17.3. The fourth-order valence-corrected chi connectivity index (χ4v) is 2.67. The molecule has 5 nitrogen and oxygen atoms in total. The highest BCUT2D eigenvalue weighted by molar-refractivity contribution is 5.94. The number of carbonyl (C=O) groups excluding carboxylic acids is 2. The Kier molecular flexibility index (Phi) is 5.64. The molecular weight excluding hydrogens is 290 g/mol. The van der Waals surface area contributed by atoms with Crippen LogP contribution < -0.4 is 10.6 Å². The van der Waals surface area contributed by atoms with E-state index < -0.39 is 0 Å². The minimum Gasteiger partial charge on any atom is -0.352 e. The van der Waals surface area contributed by atoms with Gasteiger partial charge in [0.2, 0.25) is 0 Å². The van der Waals surface area contributed by atoms with Crippen LogP contribution in [0.4, 0.5) is 4.79 Å². The molecule has 0 bridgehead atoms. The van der Waals surface area contributed by atoms with Gasteiger partial charge in [0.05, 0.1) is 0 Å². The van der Waals surface area contributed by atoms with Gasteiger partial charge < -0.3 is 15.5 Å². The fraction of sp³-hybridized carbons (Fsp3) is 0.556. The number of nitrogens with one attached hydrogen (secondary N) is 2. The predicted octanol–water partition coefficient (Wildman–Crippen LogP) is 2.64. The van der Waals surface area contributed by atoms with Gasteiger partial charge >= 0.3 is 6.03 Å². The first-order valence-corrected chi connectivity index (χ1v) is 8.25. The molecule has 2 rings (SSSR count). The Balaban J connectivity index is 1.73. The summed E-state index contributed by atoms with van der Waals surface area (Å²) in [6, 6.07) is 9.26. The molecule has 1 aromatic carbocycles. The molecule has 0 unspecified atom stereocenters. The van der Waals surface area contributed by atoms with Crippen molar-refractivity contribution in [1.29, 1.82) is 0 Å². The predicted molar refractivity (Wildman–Crippen MR) is 91.4 cm³/mol. The Bertz CT molecular complexity index is 529. The van der Waals surface area contributed by atoms with E-state index in [0.29, 0.717) is 18.0 Å². The van der Waals surface area contributed by atoms with Crippen LogP contribution in [0.2, 0.25) is 0 Å². The number of piperidine rings is 1. The van der Waals surface area contributed by atoms with Crippen molar-refractivity contribution in [2.75, 3.05) is 19.6 Å². The molecule has 2 N–H and O–H groups in total. The first-order chi connectivity index (χ1) is 10.8. The van der Waals surface area contributed by atoms with Gasteiger partial charge in [-0.05, 0) is 51.7 Å². The van der Waals surface area contributed by atoms with Crippen molar-refractivity contribution in [2.24, 2.45) is 5.92 Å². The minimum atomic E-state index is -0.211. The molecule has 1 saturated heterocycles. The van der Waals surface area contributed by atoms with E-state index in [1.54, 1.807) is 0 Å². The molecule has 5 heteroatoms. The lowest BCUT2D eigenvalue weighted by Crippen LogP contribution is -2.51. The number of likely N-dealkylation sites (tertiary alicyclic amines) is 1. The molecule has 23 heavy (non-hydrogen) atoms. The summed E-state index contributed by atoms with van der Waals surface area (Å²) in [5.74, 6) is 0.403. The molecule has 1 heterocycles. The van der Waals surface area contributed by atoms with Crippen LogP contribution in [-0.2, 0) is 0 Å². The van der Waals surface area contributed by atoms with Crippen molar-refractivity contribution >= 4 is 11.9 Å². The Hall–Kier alpha value is -2.04. The summed E-state index contributed by atoms with van der Waals surface area (Å²) in [6.45, 7) is 8.11. The molecule has 1 fully saturated rings. The van der Waals surface area contributed by atoms with Crippen LogP contribution >= 0.6 is 0 Å². The van der Waals surface area contributed by atoms with Crippen LogP contribution in [0.25, 0.3) is 0 Å².